The Balaban J connectivity index is 2.38. The van der Waals surface area contributed by atoms with Crippen LogP contribution in [0.2, 0.25) is 0 Å². The highest BCUT2D eigenvalue weighted by atomic mass is 16.6. The minimum Gasteiger partial charge on any atom is -0.460 e. The third kappa shape index (κ3) is 3.79. The standard InChI is InChI=1S/C11H19O2/c1-11(2,3)13-10(12)9-7-5-4-6-8-9/h4-8H2,1-3H3. The second-order valence-corrected chi connectivity index (χ2v) is 4.67. The van der Waals surface area contributed by atoms with Crippen LogP contribution in [0, 0.1) is 5.92 Å². The lowest BCUT2D eigenvalue weighted by molar-refractivity contribution is -0.153. The third-order valence-corrected chi connectivity index (χ3v) is 2.14. The zero-order valence-corrected chi connectivity index (χ0v) is 8.85. The first-order valence-electron chi connectivity index (χ1n) is 5.07. The van der Waals surface area contributed by atoms with Gasteiger partial charge in [-0.15, -0.1) is 0 Å². The molecule has 0 aromatic rings. The summed E-state index contributed by atoms with van der Waals surface area (Å²) in [5.74, 6) is 0.911. The fourth-order valence-corrected chi connectivity index (χ4v) is 1.53. The quantitative estimate of drug-likeness (QED) is 0.584. The van der Waals surface area contributed by atoms with E-state index in [1.807, 2.05) is 20.8 Å². The summed E-state index contributed by atoms with van der Waals surface area (Å²) < 4.78 is 5.30. The zero-order chi connectivity index (χ0) is 9.90. The molecule has 0 spiro atoms. The van der Waals surface area contributed by atoms with E-state index < -0.39 is 0 Å². The van der Waals surface area contributed by atoms with Crippen LogP contribution in [0.1, 0.15) is 52.9 Å². The highest BCUT2D eigenvalue weighted by Gasteiger charge is 2.26. The van der Waals surface area contributed by atoms with E-state index in [0.29, 0.717) is 0 Å². The van der Waals surface area contributed by atoms with E-state index in [1.54, 1.807) is 0 Å². The smallest absolute Gasteiger partial charge is 0.313 e. The van der Waals surface area contributed by atoms with Crippen LogP contribution in [-0.2, 0) is 9.53 Å². The van der Waals surface area contributed by atoms with Crippen LogP contribution in [-0.4, -0.2) is 11.6 Å². The van der Waals surface area contributed by atoms with E-state index in [4.69, 9.17) is 4.74 Å². The minimum absolute atomic E-state index is 0.0767. The van der Waals surface area contributed by atoms with Crippen molar-refractivity contribution in [2.75, 3.05) is 0 Å². The topological polar surface area (TPSA) is 26.3 Å². The van der Waals surface area contributed by atoms with Crippen molar-refractivity contribution in [3.63, 3.8) is 0 Å². The lowest BCUT2D eigenvalue weighted by Crippen LogP contribution is -2.28. The molecule has 2 heteroatoms. The van der Waals surface area contributed by atoms with E-state index in [2.05, 4.69) is 0 Å². The monoisotopic (exact) mass is 183 g/mol. The largest absolute Gasteiger partial charge is 0.460 e. The Labute approximate surface area is 80.7 Å². The molecule has 0 aromatic heterocycles. The van der Waals surface area contributed by atoms with Crippen molar-refractivity contribution < 1.29 is 9.53 Å². The first kappa shape index (κ1) is 10.6. The summed E-state index contributed by atoms with van der Waals surface area (Å²) in [6.45, 7) is 5.73. The van der Waals surface area contributed by atoms with E-state index in [1.165, 1.54) is 6.42 Å². The number of carbonyl (C=O) groups is 1. The van der Waals surface area contributed by atoms with E-state index >= 15 is 0 Å². The van der Waals surface area contributed by atoms with Crippen molar-refractivity contribution in [1.82, 2.24) is 0 Å². The molecule has 0 bridgehead atoms. The molecule has 0 amide bonds. The Bertz CT molecular complexity index is 173. The van der Waals surface area contributed by atoms with Crippen molar-refractivity contribution in [3.05, 3.63) is 5.92 Å². The molecule has 0 atom stereocenters. The van der Waals surface area contributed by atoms with Crippen LogP contribution < -0.4 is 0 Å². The van der Waals surface area contributed by atoms with Crippen molar-refractivity contribution in [2.24, 2.45) is 0 Å². The Morgan fingerprint density at radius 1 is 1.15 bits per heavy atom. The molecule has 0 saturated heterocycles. The second-order valence-electron chi connectivity index (χ2n) is 4.67. The van der Waals surface area contributed by atoms with E-state index in [9.17, 15) is 4.79 Å². The second kappa shape index (κ2) is 4.12. The molecule has 0 heterocycles. The maximum atomic E-state index is 11.6. The Hall–Kier alpha value is -0.530. The highest BCUT2D eigenvalue weighted by Crippen LogP contribution is 2.27. The molecular formula is C11H19O2. The molecule has 75 valence electrons. The normalized spacial score (nSPS) is 19.9. The van der Waals surface area contributed by atoms with Gasteiger partial charge >= 0.3 is 5.97 Å². The number of hydrogen-bond acceptors (Lipinski definition) is 2. The molecule has 1 aliphatic rings. The fraction of sp³-hybridized carbons (Fsp3) is 0.818. The summed E-state index contributed by atoms with van der Waals surface area (Å²) in [5, 5.41) is 0. The Morgan fingerprint density at radius 2 is 1.69 bits per heavy atom. The molecule has 0 aromatic carbocycles. The molecule has 13 heavy (non-hydrogen) atoms. The average molecular weight is 183 g/mol. The molecule has 0 N–H and O–H groups in total. The minimum atomic E-state index is -0.346. The molecule has 1 radical (unpaired) electrons. The summed E-state index contributed by atoms with van der Waals surface area (Å²) in [6.07, 6.45) is 5.43. The van der Waals surface area contributed by atoms with Crippen LogP contribution in [0.25, 0.3) is 0 Å². The molecule has 0 aliphatic heterocycles. The van der Waals surface area contributed by atoms with Crippen LogP contribution >= 0.6 is 0 Å². The molecule has 1 aliphatic carbocycles. The molecule has 0 unspecified atom stereocenters. The van der Waals surface area contributed by atoms with Gasteiger partial charge in [0.15, 0.2) is 0 Å². The van der Waals surface area contributed by atoms with Crippen LogP contribution in [0.4, 0.5) is 0 Å². The fourth-order valence-electron chi connectivity index (χ4n) is 1.53. The van der Waals surface area contributed by atoms with Crippen molar-refractivity contribution >= 4 is 5.97 Å². The van der Waals surface area contributed by atoms with E-state index in [0.717, 1.165) is 31.6 Å². The maximum Gasteiger partial charge on any atom is 0.313 e. The van der Waals surface area contributed by atoms with Crippen LogP contribution in [0.5, 0.6) is 0 Å². The van der Waals surface area contributed by atoms with Gasteiger partial charge in [-0.05, 0) is 33.6 Å². The number of ether oxygens (including phenoxy) is 1. The van der Waals surface area contributed by atoms with Gasteiger partial charge in [0.05, 0.1) is 5.92 Å². The number of esters is 1. The zero-order valence-electron chi connectivity index (χ0n) is 8.85. The Kier molecular flexibility index (Phi) is 3.34. The van der Waals surface area contributed by atoms with Crippen molar-refractivity contribution in [3.8, 4) is 0 Å². The van der Waals surface area contributed by atoms with Crippen molar-refractivity contribution in [1.29, 1.82) is 0 Å². The van der Waals surface area contributed by atoms with Gasteiger partial charge in [-0.2, -0.15) is 0 Å². The molecule has 1 saturated carbocycles. The summed E-state index contributed by atoms with van der Waals surface area (Å²) in [7, 11) is 0. The first-order valence-corrected chi connectivity index (χ1v) is 5.07. The number of carbonyl (C=O) groups excluding carboxylic acids is 1. The summed E-state index contributed by atoms with van der Waals surface area (Å²) in [5.41, 5.74) is -0.346. The summed E-state index contributed by atoms with van der Waals surface area (Å²) in [6, 6.07) is 0. The van der Waals surface area contributed by atoms with Crippen molar-refractivity contribution in [2.45, 2.75) is 58.5 Å². The average Bonchev–Trinajstić information content (AvgIpc) is 2.03. The lowest BCUT2D eigenvalue weighted by Gasteiger charge is -2.25. The van der Waals surface area contributed by atoms with Gasteiger partial charge in [0, 0.05) is 0 Å². The van der Waals surface area contributed by atoms with Gasteiger partial charge in [-0.3, -0.25) is 4.79 Å². The highest BCUT2D eigenvalue weighted by molar-refractivity contribution is 5.85. The lowest BCUT2D eigenvalue weighted by atomic mass is 9.89. The van der Waals surface area contributed by atoms with Gasteiger partial charge in [-0.1, -0.05) is 19.3 Å². The molecule has 1 fully saturated rings. The molecular weight excluding hydrogens is 164 g/mol. The van der Waals surface area contributed by atoms with Gasteiger partial charge in [0.2, 0.25) is 0 Å². The van der Waals surface area contributed by atoms with Crippen LogP contribution in [0.3, 0.4) is 0 Å². The maximum absolute atomic E-state index is 11.6. The van der Waals surface area contributed by atoms with Crippen LogP contribution in [0.15, 0.2) is 0 Å². The predicted octanol–water partition coefficient (Wildman–Crippen LogP) is 2.87. The SMILES string of the molecule is CC(C)(C)OC(=O)[C]1CCCCC1. The molecule has 1 rings (SSSR count). The first-order chi connectivity index (χ1) is 5.99. The summed E-state index contributed by atoms with van der Waals surface area (Å²) >= 11 is 0. The Morgan fingerprint density at radius 3 is 2.15 bits per heavy atom. The number of hydrogen-bond donors (Lipinski definition) is 0. The third-order valence-electron chi connectivity index (χ3n) is 2.14. The van der Waals surface area contributed by atoms with Gasteiger partial charge in [0.25, 0.3) is 0 Å². The van der Waals surface area contributed by atoms with E-state index in [-0.39, 0.29) is 11.6 Å². The predicted molar refractivity (Wildman–Crippen MR) is 52.2 cm³/mol. The van der Waals surface area contributed by atoms with Gasteiger partial charge in [0.1, 0.15) is 5.60 Å². The molecule has 2 nitrogen and oxygen atoms in total. The number of rotatable bonds is 1. The summed E-state index contributed by atoms with van der Waals surface area (Å²) in [4.78, 5) is 11.6. The van der Waals surface area contributed by atoms with Gasteiger partial charge < -0.3 is 4.74 Å². The van der Waals surface area contributed by atoms with Gasteiger partial charge in [-0.25, -0.2) is 0 Å².